The molecule has 0 atom stereocenters. The van der Waals surface area contributed by atoms with E-state index < -0.39 is 0 Å². The minimum Gasteiger partial charge on any atom is -0.457 e. The first-order valence-electron chi connectivity index (χ1n) is 9.52. The third-order valence-corrected chi connectivity index (χ3v) is 4.86. The Kier molecular flexibility index (Phi) is 5.39. The van der Waals surface area contributed by atoms with E-state index >= 15 is 0 Å². The molecule has 0 aliphatic carbocycles. The van der Waals surface area contributed by atoms with E-state index in [0.29, 0.717) is 13.1 Å². The molecular weight excluding hydrogens is 352 g/mol. The highest BCUT2D eigenvalue weighted by Gasteiger charge is 2.22. The molecule has 28 heavy (non-hydrogen) atoms. The van der Waals surface area contributed by atoms with Crippen molar-refractivity contribution in [2.24, 2.45) is 0 Å². The van der Waals surface area contributed by atoms with Gasteiger partial charge < -0.3 is 9.64 Å². The summed E-state index contributed by atoms with van der Waals surface area (Å²) in [4.78, 5) is 16.7. The Bertz CT molecular complexity index is 913. The molecule has 1 aliphatic rings. The summed E-state index contributed by atoms with van der Waals surface area (Å²) in [5.41, 5.74) is 2.23. The van der Waals surface area contributed by atoms with Crippen LogP contribution in [0.2, 0.25) is 0 Å². The Balaban J connectivity index is 1.28. The van der Waals surface area contributed by atoms with Crippen molar-refractivity contribution < 1.29 is 9.53 Å². The lowest BCUT2D eigenvalue weighted by atomic mass is 10.2. The van der Waals surface area contributed by atoms with Crippen LogP contribution in [0, 0.1) is 6.92 Å². The zero-order valence-electron chi connectivity index (χ0n) is 16.0. The van der Waals surface area contributed by atoms with E-state index in [1.54, 1.807) is 12.4 Å². The molecule has 1 aromatic heterocycles. The van der Waals surface area contributed by atoms with Gasteiger partial charge in [0.2, 0.25) is 0 Å². The molecule has 0 bridgehead atoms. The standard InChI is InChI=1S/C22H24N4O2/c1-18-15-23-26(16-18)22(27)25-13-11-24(12-14-25)17-19-7-9-21(10-8-19)28-20-5-3-2-4-6-20/h2-10,15-16H,11-14,17H2,1H3. The van der Waals surface area contributed by atoms with Gasteiger partial charge >= 0.3 is 6.03 Å². The van der Waals surface area contributed by atoms with Gasteiger partial charge in [-0.1, -0.05) is 30.3 Å². The summed E-state index contributed by atoms with van der Waals surface area (Å²) in [6, 6.07) is 17.9. The van der Waals surface area contributed by atoms with E-state index in [-0.39, 0.29) is 6.03 Å². The van der Waals surface area contributed by atoms with Crippen LogP contribution in [0.1, 0.15) is 11.1 Å². The van der Waals surface area contributed by atoms with Crippen LogP contribution in [0.25, 0.3) is 0 Å². The van der Waals surface area contributed by atoms with Crippen LogP contribution in [0.15, 0.2) is 67.0 Å². The fourth-order valence-electron chi connectivity index (χ4n) is 3.31. The van der Waals surface area contributed by atoms with Crippen molar-refractivity contribution in [2.75, 3.05) is 26.2 Å². The zero-order chi connectivity index (χ0) is 19.3. The summed E-state index contributed by atoms with van der Waals surface area (Å²) in [5.74, 6) is 1.67. The van der Waals surface area contributed by atoms with E-state index in [0.717, 1.165) is 36.7 Å². The predicted octanol–water partition coefficient (Wildman–Crippen LogP) is 3.77. The molecule has 2 aromatic carbocycles. The van der Waals surface area contributed by atoms with E-state index in [1.807, 2.05) is 54.3 Å². The first kappa shape index (κ1) is 18.3. The first-order valence-corrected chi connectivity index (χ1v) is 9.52. The molecule has 6 nitrogen and oxygen atoms in total. The minimum atomic E-state index is -0.0461. The number of carbonyl (C=O) groups excluding carboxylic acids is 1. The monoisotopic (exact) mass is 376 g/mol. The van der Waals surface area contributed by atoms with Crippen molar-refractivity contribution >= 4 is 6.03 Å². The maximum Gasteiger partial charge on any atom is 0.344 e. The van der Waals surface area contributed by atoms with Gasteiger partial charge in [0.15, 0.2) is 0 Å². The molecule has 144 valence electrons. The average Bonchev–Trinajstić information content (AvgIpc) is 3.17. The molecule has 0 N–H and O–H groups in total. The Morgan fingerprint density at radius 3 is 2.29 bits per heavy atom. The van der Waals surface area contributed by atoms with Crippen LogP contribution in [-0.2, 0) is 6.54 Å². The van der Waals surface area contributed by atoms with Crippen molar-refractivity contribution in [3.63, 3.8) is 0 Å². The van der Waals surface area contributed by atoms with Crippen molar-refractivity contribution in [3.05, 3.63) is 78.1 Å². The lowest BCUT2D eigenvalue weighted by Crippen LogP contribution is -2.49. The molecule has 0 unspecified atom stereocenters. The normalized spacial score (nSPS) is 14.8. The predicted molar refractivity (Wildman–Crippen MR) is 108 cm³/mol. The van der Waals surface area contributed by atoms with Crippen molar-refractivity contribution in [3.8, 4) is 11.5 Å². The summed E-state index contributed by atoms with van der Waals surface area (Å²) in [6.07, 6.45) is 3.48. The van der Waals surface area contributed by atoms with Gasteiger partial charge in [0.05, 0.1) is 6.20 Å². The molecule has 1 fully saturated rings. The molecule has 0 saturated carbocycles. The number of nitrogens with zero attached hydrogens (tertiary/aromatic N) is 4. The highest BCUT2D eigenvalue weighted by Crippen LogP contribution is 2.21. The third-order valence-electron chi connectivity index (χ3n) is 4.86. The van der Waals surface area contributed by atoms with E-state index in [4.69, 9.17) is 4.74 Å². The number of hydrogen-bond acceptors (Lipinski definition) is 4. The summed E-state index contributed by atoms with van der Waals surface area (Å²) in [7, 11) is 0. The van der Waals surface area contributed by atoms with Crippen molar-refractivity contribution in [1.29, 1.82) is 0 Å². The van der Waals surface area contributed by atoms with Crippen LogP contribution >= 0.6 is 0 Å². The average molecular weight is 376 g/mol. The second-order valence-electron chi connectivity index (χ2n) is 7.07. The fourth-order valence-corrected chi connectivity index (χ4v) is 3.31. The number of aromatic nitrogens is 2. The Morgan fingerprint density at radius 1 is 0.964 bits per heavy atom. The Morgan fingerprint density at radius 2 is 1.64 bits per heavy atom. The maximum atomic E-state index is 12.5. The van der Waals surface area contributed by atoms with Crippen LogP contribution < -0.4 is 4.74 Å². The van der Waals surface area contributed by atoms with Crippen LogP contribution in [0.5, 0.6) is 11.5 Å². The topological polar surface area (TPSA) is 50.6 Å². The highest BCUT2D eigenvalue weighted by atomic mass is 16.5. The minimum absolute atomic E-state index is 0.0461. The molecule has 1 saturated heterocycles. The van der Waals surface area contributed by atoms with Crippen LogP contribution in [-0.4, -0.2) is 51.8 Å². The molecule has 0 spiro atoms. The number of piperazine rings is 1. The molecule has 4 rings (SSSR count). The second-order valence-corrected chi connectivity index (χ2v) is 7.07. The smallest absolute Gasteiger partial charge is 0.344 e. The van der Waals surface area contributed by atoms with Gasteiger partial charge in [-0.25, -0.2) is 4.79 Å². The molecule has 1 amide bonds. The first-order chi connectivity index (χ1) is 13.7. The van der Waals surface area contributed by atoms with Gasteiger partial charge in [-0.3, -0.25) is 4.90 Å². The van der Waals surface area contributed by atoms with Crippen molar-refractivity contribution in [2.45, 2.75) is 13.5 Å². The summed E-state index contributed by atoms with van der Waals surface area (Å²) < 4.78 is 7.27. The number of aryl methyl sites for hydroxylation is 1. The van der Waals surface area contributed by atoms with Gasteiger partial charge in [0.1, 0.15) is 11.5 Å². The largest absolute Gasteiger partial charge is 0.457 e. The summed E-state index contributed by atoms with van der Waals surface area (Å²) in [5, 5.41) is 4.12. The lowest BCUT2D eigenvalue weighted by molar-refractivity contribution is 0.134. The maximum absolute atomic E-state index is 12.5. The highest BCUT2D eigenvalue weighted by molar-refractivity contribution is 5.76. The number of ether oxygens (including phenoxy) is 1. The Hall–Kier alpha value is -3.12. The summed E-state index contributed by atoms with van der Waals surface area (Å²) >= 11 is 0. The summed E-state index contributed by atoms with van der Waals surface area (Å²) in [6.45, 7) is 5.95. The number of carbonyl (C=O) groups is 1. The second kappa shape index (κ2) is 8.27. The number of benzene rings is 2. The SMILES string of the molecule is Cc1cnn(C(=O)N2CCN(Cc3ccc(Oc4ccccc4)cc3)CC2)c1. The van der Waals surface area contributed by atoms with Crippen molar-refractivity contribution in [1.82, 2.24) is 19.6 Å². The van der Waals surface area contributed by atoms with Gasteiger partial charge in [0.25, 0.3) is 0 Å². The molecular formula is C22H24N4O2. The van der Waals surface area contributed by atoms with Gasteiger partial charge in [-0.05, 0) is 42.3 Å². The van der Waals surface area contributed by atoms with Gasteiger partial charge in [-0.15, -0.1) is 0 Å². The number of amides is 1. The molecule has 6 heteroatoms. The van der Waals surface area contributed by atoms with Crippen LogP contribution in [0.4, 0.5) is 4.79 Å². The van der Waals surface area contributed by atoms with E-state index in [1.165, 1.54) is 10.2 Å². The lowest BCUT2D eigenvalue weighted by Gasteiger charge is -2.34. The molecule has 1 aliphatic heterocycles. The van der Waals surface area contributed by atoms with E-state index in [9.17, 15) is 4.79 Å². The molecule has 3 aromatic rings. The quantitative estimate of drug-likeness (QED) is 0.696. The van der Waals surface area contributed by atoms with Crippen LogP contribution in [0.3, 0.4) is 0 Å². The molecule has 2 heterocycles. The van der Waals surface area contributed by atoms with Gasteiger partial charge in [0, 0.05) is 38.9 Å². The fraction of sp³-hybridized carbons (Fsp3) is 0.273. The third kappa shape index (κ3) is 4.40. The number of para-hydroxylation sites is 1. The number of rotatable bonds is 4. The molecule has 0 radical (unpaired) electrons. The van der Waals surface area contributed by atoms with Gasteiger partial charge in [-0.2, -0.15) is 9.78 Å². The van der Waals surface area contributed by atoms with E-state index in [2.05, 4.69) is 22.1 Å². The Labute approximate surface area is 164 Å². The number of hydrogen-bond donors (Lipinski definition) is 0. The zero-order valence-corrected chi connectivity index (χ0v) is 16.0.